The fourth-order valence-electron chi connectivity index (χ4n) is 3.09. The number of aliphatic carboxylic acids is 1. The summed E-state index contributed by atoms with van der Waals surface area (Å²) in [5, 5.41) is 16.5. The zero-order chi connectivity index (χ0) is 23.0. The largest absolute Gasteiger partial charge is 0.481 e. The van der Waals surface area contributed by atoms with Crippen molar-refractivity contribution < 1.29 is 23.1 Å². The number of aromatic amines is 1. The number of aromatic nitrogens is 6. The van der Waals surface area contributed by atoms with Gasteiger partial charge < -0.3 is 15.4 Å². The van der Waals surface area contributed by atoms with Crippen LogP contribution in [0.5, 0.6) is 0 Å². The summed E-state index contributed by atoms with van der Waals surface area (Å²) in [6.07, 6.45) is 3.74. The molecule has 0 aliphatic heterocycles. The number of H-pyrrole nitrogens is 1. The van der Waals surface area contributed by atoms with Crippen LogP contribution < -0.4 is 5.32 Å². The molecule has 12 heteroatoms. The number of nitrogens with zero attached hydrogens (tertiary/aromatic N) is 5. The molecule has 9 nitrogen and oxygen atoms in total. The number of anilines is 1. The standard InChI is InChI=1S/C20H18F3N7O2/c1-9(19(31)32)10(2)26-16-6-15(14-3-4-30(29-14)20(22)23)27-18(28-16)13-8-25-17-12(13)5-11(21)7-24-17/h3-10,20H,1-2H3,(H,24,25)(H,31,32)(H,26,27,28). The van der Waals surface area contributed by atoms with Crippen molar-refractivity contribution in [3.8, 4) is 22.8 Å². The first-order valence-electron chi connectivity index (χ1n) is 9.58. The number of carbonyl (C=O) groups is 1. The lowest BCUT2D eigenvalue weighted by Gasteiger charge is -2.19. The average molecular weight is 445 g/mol. The van der Waals surface area contributed by atoms with Crippen molar-refractivity contribution >= 4 is 22.8 Å². The molecule has 0 fully saturated rings. The quantitative estimate of drug-likeness (QED) is 0.394. The third-order valence-electron chi connectivity index (χ3n) is 5.05. The van der Waals surface area contributed by atoms with Gasteiger partial charge in [0.15, 0.2) is 5.82 Å². The maximum absolute atomic E-state index is 13.8. The third kappa shape index (κ3) is 4.11. The van der Waals surface area contributed by atoms with Crippen LogP contribution in [0.2, 0.25) is 0 Å². The number of fused-ring (bicyclic) bond motifs is 1. The van der Waals surface area contributed by atoms with E-state index >= 15 is 0 Å². The highest BCUT2D eigenvalue weighted by Gasteiger charge is 2.21. The predicted octanol–water partition coefficient (Wildman–Crippen LogP) is 3.94. The second kappa shape index (κ2) is 8.29. The molecule has 2 unspecified atom stereocenters. The Hall–Kier alpha value is -3.96. The van der Waals surface area contributed by atoms with Gasteiger partial charge in [-0.15, -0.1) is 0 Å². The first kappa shape index (κ1) is 21.3. The first-order chi connectivity index (χ1) is 15.2. The molecule has 4 rings (SSSR count). The Bertz CT molecular complexity index is 1290. The van der Waals surface area contributed by atoms with Gasteiger partial charge in [-0.1, -0.05) is 0 Å². The van der Waals surface area contributed by atoms with Gasteiger partial charge in [-0.05, 0) is 26.0 Å². The van der Waals surface area contributed by atoms with Crippen molar-refractivity contribution in [2.75, 3.05) is 5.32 Å². The lowest BCUT2D eigenvalue weighted by Crippen LogP contribution is -2.30. The molecule has 32 heavy (non-hydrogen) atoms. The zero-order valence-corrected chi connectivity index (χ0v) is 16.9. The highest BCUT2D eigenvalue weighted by Crippen LogP contribution is 2.29. The highest BCUT2D eigenvalue weighted by molar-refractivity contribution is 5.92. The average Bonchev–Trinajstić information content (AvgIpc) is 3.40. The van der Waals surface area contributed by atoms with E-state index in [-0.39, 0.29) is 23.0 Å². The monoisotopic (exact) mass is 445 g/mol. The predicted molar refractivity (Wildman–Crippen MR) is 109 cm³/mol. The molecule has 3 N–H and O–H groups in total. The molecule has 0 saturated carbocycles. The number of rotatable bonds is 7. The minimum atomic E-state index is -2.82. The van der Waals surface area contributed by atoms with Crippen molar-refractivity contribution in [1.29, 1.82) is 0 Å². The van der Waals surface area contributed by atoms with Gasteiger partial charge in [0.25, 0.3) is 0 Å². The molecule has 0 radical (unpaired) electrons. The van der Waals surface area contributed by atoms with E-state index < -0.39 is 30.3 Å². The smallest absolute Gasteiger partial charge is 0.333 e. The Kier molecular flexibility index (Phi) is 5.51. The molecule has 0 saturated heterocycles. The number of hydrogen-bond acceptors (Lipinski definition) is 6. The number of carboxylic acid groups (broad SMARTS) is 1. The number of pyridine rings is 1. The molecule has 0 aliphatic rings. The van der Waals surface area contributed by atoms with Gasteiger partial charge in [0.1, 0.15) is 23.0 Å². The minimum Gasteiger partial charge on any atom is -0.481 e. The summed E-state index contributed by atoms with van der Waals surface area (Å²) >= 11 is 0. The lowest BCUT2D eigenvalue weighted by atomic mass is 10.0. The second-order valence-corrected chi connectivity index (χ2v) is 7.23. The van der Waals surface area contributed by atoms with Gasteiger partial charge in [-0.2, -0.15) is 13.9 Å². The van der Waals surface area contributed by atoms with E-state index in [1.165, 1.54) is 18.2 Å². The maximum atomic E-state index is 13.8. The molecule has 4 aromatic rings. The van der Waals surface area contributed by atoms with Crippen LogP contribution in [0.1, 0.15) is 20.4 Å². The van der Waals surface area contributed by atoms with Crippen LogP contribution in [0.4, 0.5) is 19.0 Å². The van der Waals surface area contributed by atoms with Gasteiger partial charge >= 0.3 is 12.5 Å². The fourth-order valence-corrected chi connectivity index (χ4v) is 3.09. The summed E-state index contributed by atoms with van der Waals surface area (Å²) in [6.45, 7) is 0.403. The first-order valence-corrected chi connectivity index (χ1v) is 9.58. The molecular formula is C20H18F3N7O2. The second-order valence-electron chi connectivity index (χ2n) is 7.23. The zero-order valence-electron chi connectivity index (χ0n) is 16.9. The lowest BCUT2D eigenvalue weighted by molar-refractivity contribution is -0.141. The summed E-state index contributed by atoms with van der Waals surface area (Å²) in [6, 6.07) is 3.63. The maximum Gasteiger partial charge on any atom is 0.333 e. The summed E-state index contributed by atoms with van der Waals surface area (Å²) in [4.78, 5) is 27.1. The molecule has 2 atom stereocenters. The van der Waals surface area contributed by atoms with Gasteiger partial charge in [0.05, 0.1) is 17.8 Å². The number of hydrogen-bond donors (Lipinski definition) is 3. The van der Waals surface area contributed by atoms with E-state index in [0.717, 1.165) is 12.4 Å². The van der Waals surface area contributed by atoms with Crippen molar-refractivity contribution in [2.24, 2.45) is 5.92 Å². The van der Waals surface area contributed by atoms with Crippen molar-refractivity contribution in [1.82, 2.24) is 29.7 Å². The van der Waals surface area contributed by atoms with E-state index in [4.69, 9.17) is 0 Å². The Labute approximate surface area is 179 Å². The van der Waals surface area contributed by atoms with Crippen LogP contribution in [0, 0.1) is 11.7 Å². The fraction of sp³-hybridized carbons (Fsp3) is 0.250. The summed E-state index contributed by atoms with van der Waals surface area (Å²) in [5.74, 6) is -1.86. The molecule has 0 bridgehead atoms. The van der Waals surface area contributed by atoms with E-state index in [1.54, 1.807) is 20.0 Å². The molecule has 4 heterocycles. The summed E-state index contributed by atoms with van der Waals surface area (Å²) in [7, 11) is 0. The van der Waals surface area contributed by atoms with E-state index in [1.807, 2.05) is 0 Å². The van der Waals surface area contributed by atoms with Crippen LogP contribution in [-0.4, -0.2) is 46.8 Å². The Morgan fingerprint density at radius 1 is 1.22 bits per heavy atom. The summed E-state index contributed by atoms with van der Waals surface area (Å²) in [5.41, 5.74) is 1.25. The van der Waals surface area contributed by atoms with Crippen LogP contribution in [0.15, 0.2) is 36.8 Å². The molecule has 0 amide bonds. The van der Waals surface area contributed by atoms with E-state index in [9.17, 15) is 23.1 Å². The van der Waals surface area contributed by atoms with Gasteiger partial charge in [0.2, 0.25) is 0 Å². The van der Waals surface area contributed by atoms with Crippen LogP contribution in [0.3, 0.4) is 0 Å². The van der Waals surface area contributed by atoms with Crippen LogP contribution >= 0.6 is 0 Å². The molecule has 166 valence electrons. The van der Waals surface area contributed by atoms with Gasteiger partial charge in [-0.25, -0.2) is 24.0 Å². The summed E-state index contributed by atoms with van der Waals surface area (Å²) < 4.78 is 40.2. The Morgan fingerprint density at radius 3 is 2.69 bits per heavy atom. The topological polar surface area (TPSA) is 122 Å². The molecular weight excluding hydrogens is 427 g/mol. The third-order valence-corrected chi connectivity index (χ3v) is 5.05. The van der Waals surface area contributed by atoms with Crippen molar-refractivity contribution in [2.45, 2.75) is 26.4 Å². The van der Waals surface area contributed by atoms with Crippen LogP contribution in [-0.2, 0) is 4.79 Å². The van der Waals surface area contributed by atoms with Gasteiger partial charge in [0, 0.05) is 35.5 Å². The molecule has 0 aromatic carbocycles. The van der Waals surface area contributed by atoms with E-state index in [2.05, 4.69) is 30.4 Å². The van der Waals surface area contributed by atoms with E-state index in [0.29, 0.717) is 21.3 Å². The number of nitrogens with one attached hydrogen (secondary N) is 2. The Balaban J connectivity index is 1.82. The number of carboxylic acids is 1. The highest BCUT2D eigenvalue weighted by atomic mass is 19.3. The van der Waals surface area contributed by atoms with Crippen molar-refractivity contribution in [3.05, 3.63) is 42.6 Å². The minimum absolute atomic E-state index is 0.158. The number of halogens is 3. The number of alkyl halides is 2. The van der Waals surface area contributed by atoms with Gasteiger partial charge in [-0.3, -0.25) is 4.79 Å². The molecule has 4 aromatic heterocycles. The SMILES string of the molecule is CC(Nc1cc(-c2ccn(C(F)F)n2)nc(-c2c[nH]c3ncc(F)cc23)n1)C(C)C(=O)O. The van der Waals surface area contributed by atoms with Crippen LogP contribution in [0.25, 0.3) is 33.8 Å². The van der Waals surface area contributed by atoms with Crippen molar-refractivity contribution in [3.63, 3.8) is 0 Å². The Morgan fingerprint density at radius 2 is 2.00 bits per heavy atom. The molecule has 0 aliphatic carbocycles. The normalized spacial score (nSPS) is 13.4. The molecule has 0 spiro atoms.